The summed E-state index contributed by atoms with van der Waals surface area (Å²) in [5, 5.41) is 13.3. The van der Waals surface area contributed by atoms with Crippen molar-refractivity contribution in [1.29, 1.82) is 0 Å². The predicted molar refractivity (Wildman–Crippen MR) is 118 cm³/mol. The topological polar surface area (TPSA) is 72.8 Å². The number of hydrogen-bond donors (Lipinski definition) is 1. The van der Waals surface area contributed by atoms with E-state index in [0.29, 0.717) is 22.6 Å². The molecule has 0 amide bonds. The zero-order chi connectivity index (χ0) is 22.5. The van der Waals surface area contributed by atoms with E-state index in [0.717, 1.165) is 10.4 Å². The maximum Gasteiger partial charge on any atom is 0.313 e. The highest BCUT2D eigenvalue weighted by atomic mass is 32.1. The smallest absolute Gasteiger partial charge is 0.313 e. The molecule has 0 saturated heterocycles. The summed E-state index contributed by atoms with van der Waals surface area (Å²) >= 11 is 1.66. The van der Waals surface area contributed by atoms with E-state index in [4.69, 9.17) is 4.43 Å². The molecule has 29 heavy (non-hydrogen) atoms. The number of hydrogen-bond acceptors (Lipinski definition) is 6. The van der Waals surface area contributed by atoms with Crippen molar-refractivity contribution in [3.63, 3.8) is 0 Å². The minimum absolute atomic E-state index is 0.0511. The summed E-state index contributed by atoms with van der Waals surface area (Å²) in [7, 11) is 1.63. The van der Waals surface area contributed by atoms with Crippen LogP contribution in [-0.2, 0) is 30.8 Å². The van der Waals surface area contributed by atoms with Gasteiger partial charge in [0.15, 0.2) is 0 Å². The number of esters is 1. The van der Waals surface area contributed by atoms with Crippen molar-refractivity contribution in [2.24, 2.45) is 5.92 Å². The molecule has 0 fully saturated rings. The van der Waals surface area contributed by atoms with Crippen LogP contribution in [0.5, 0.6) is 0 Å². The van der Waals surface area contributed by atoms with Gasteiger partial charge in [0.05, 0.1) is 18.3 Å². The van der Waals surface area contributed by atoms with E-state index in [9.17, 15) is 14.7 Å². The van der Waals surface area contributed by atoms with Crippen molar-refractivity contribution in [3.05, 3.63) is 21.9 Å². The number of ketones is 1. The number of carbonyl (C=O) groups is 2. The molecular weight excluding hydrogens is 404 g/mol. The first kappa shape index (κ1) is 26.0. The third-order valence-corrected chi connectivity index (χ3v) is 7.37. The molecule has 2 radical (unpaired) electrons. The molecule has 1 aromatic heterocycles. The number of methoxy groups -OCH3 is 1. The summed E-state index contributed by atoms with van der Waals surface area (Å²) in [5.41, 5.74) is -0.438. The van der Waals surface area contributed by atoms with Gasteiger partial charge in [-0.1, -0.05) is 34.6 Å². The van der Waals surface area contributed by atoms with E-state index in [1.165, 1.54) is 7.11 Å². The van der Waals surface area contributed by atoms with Crippen LogP contribution in [0.3, 0.4) is 0 Å². The van der Waals surface area contributed by atoms with Crippen molar-refractivity contribution < 1.29 is 23.9 Å². The molecular formula is C22H36O5SSi. The summed E-state index contributed by atoms with van der Waals surface area (Å²) in [6, 6.07) is 2.07. The van der Waals surface area contributed by atoms with Gasteiger partial charge in [0.2, 0.25) is 9.76 Å². The number of rotatable bonds is 11. The van der Waals surface area contributed by atoms with E-state index < -0.39 is 17.2 Å². The van der Waals surface area contributed by atoms with Crippen LogP contribution in [0.15, 0.2) is 11.4 Å². The molecule has 0 bridgehead atoms. The standard InChI is InChI=1S/C22H36O5SSi/c1-15(2)22(25,14-17(23)13-18(24)26-8)11-9-16-10-12-28-19(16)21(6,7)27-29-20(3,4)5/h10,12,15,25H,9,11,13-14H2,1-8H3. The molecule has 164 valence electrons. The van der Waals surface area contributed by atoms with Gasteiger partial charge in [-0.15, -0.1) is 11.3 Å². The molecule has 1 N–H and O–H groups in total. The number of ether oxygens (including phenoxy) is 1. The van der Waals surface area contributed by atoms with E-state index >= 15 is 0 Å². The fourth-order valence-electron chi connectivity index (χ4n) is 2.96. The lowest BCUT2D eigenvalue weighted by atomic mass is 9.80. The molecule has 0 aliphatic heterocycles. The highest BCUT2D eigenvalue weighted by molar-refractivity contribution is 7.10. The molecule has 1 aromatic rings. The Kier molecular flexibility index (Phi) is 9.27. The van der Waals surface area contributed by atoms with Crippen molar-refractivity contribution in [2.45, 2.75) is 90.4 Å². The Morgan fingerprint density at radius 3 is 2.34 bits per heavy atom. The van der Waals surface area contributed by atoms with Gasteiger partial charge in [0.1, 0.15) is 12.2 Å². The number of aliphatic hydroxyl groups is 1. The van der Waals surface area contributed by atoms with E-state index in [2.05, 4.69) is 45.4 Å². The van der Waals surface area contributed by atoms with E-state index in [-0.39, 0.29) is 29.6 Å². The van der Waals surface area contributed by atoms with Crippen molar-refractivity contribution in [1.82, 2.24) is 0 Å². The van der Waals surface area contributed by atoms with Crippen LogP contribution in [0.25, 0.3) is 0 Å². The fraction of sp³-hybridized carbons (Fsp3) is 0.727. The Hall–Kier alpha value is -1.02. The average molecular weight is 441 g/mol. The molecule has 1 unspecified atom stereocenters. The third kappa shape index (κ3) is 8.32. The Morgan fingerprint density at radius 2 is 1.83 bits per heavy atom. The number of carbonyl (C=O) groups excluding carboxylic acids is 2. The van der Waals surface area contributed by atoms with Gasteiger partial charge < -0.3 is 14.3 Å². The van der Waals surface area contributed by atoms with Gasteiger partial charge in [0.25, 0.3) is 0 Å². The van der Waals surface area contributed by atoms with Crippen LogP contribution < -0.4 is 0 Å². The number of aryl methyl sites for hydroxylation is 1. The minimum atomic E-state index is -1.16. The quantitative estimate of drug-likeness (QED) is 0.307. The zero-order valence-corrected chi connectivity index (χ0v) is 20.9. The molecule has 0 saturated carbocycles. The predicted octanol–water partition coefficient (Wildman–Crippen LogP) is 4.68. The maximum absolute atomic E-state index is 12.2. The third-order valence-electron chi connectivity index (χ3n) is 4.88. The highest BCUT2D eigenvalue weighted by Gasteiger charge is 2.35. The van der Waals surface area contributed by atoms with Gasteiger partial charge in [-0.3, -0.25) is 9.59 Å². The van der Waals surface area contributed by atoms with Crippen molar-refractivity contribution in [2.75, 3.05) is 7.11 Å². The fourth-order valence-corrected chi connectivity index (χ4v) is 4.71. The second kappa shape index (κ2) is 10.3. The molecule has 7 heteroatoms. The second-order valence-electron chi connectivity index (χ2n) is 9.47. The summed E-state index contributed by atoms with van der Waals surface area (Å²) < 4.78 is 10.8. The monoisotopic (exact) mass is 440 g/mol. The molecule has 5 nitrogen and oxygen atoms in total. The van der Waals surface area contributed by atoms with Gasteiger partial charge in [0, 0.05) is 11.3 Å². The Balaban J connectivity index is 2.88. The van der Waals surface area contributed by atoms with Crippen LogP contribution >= 0.6 is 11.3 Å². The first-order valence-electron chi connectivity index (χ1n) is 10.0. The number of Topliss-reactive ketones (excluding diaryl/α,β-unsaturated/α-hetero) is 1. The Morgan fingerprint density at radius 1 is 1.21 bits per heavy atom. The minimum Gasteiger partial charge on any atom is -0.469 e. The van der Waals surface area contributed by atoms with Crippen LogP contribution in [0.4, 0.5) is 0 Å². The molecule has 0 spiro atoms. The van der Waals surface area contributed by atoms with E-state index in [1.54, 1.807) is 11.3 Å². The molecule has 0 aromatic carbocycles. The summed E-state index contributed by atoms with van der Waals surface area (Å²) in [6.45, 7) is 14.4. The molecule has 1 rings (SSSR count). The highest BCUT2D eigenvalue weighted by Crippen LogP contribution is 2.37. The van der Waals surface area contributed by atoms with Crippen LogP contribution in [0, 0.1) is 5.92 Å². The number of thiophene rings is 1. The first-order valence-corrected chi connectivity index (χ1v) is 11.8. The van der Waals surface area contributed by atoms with Gasteiger partial charge in [-0.2, -0.15) is 0 Å². The second-order valence-corrected chi connectivity index (χ2v) is 12.3. The zero-order valence-electron chi connectivity index (χ0n) is 19.0. The van der Waals surface area contributed by atoms with Crippen molar-refractivity contribution >= 4 is 32.9 Å². The molecule has 1 heterocycles. The van der Waals surface area contributed by atoms with Crippen molar-refractivity contribution in [3.8, 4) is 0 Å². The lowest BCUT2D eigenvalue weighted by Crippen LogP contribution is -2.38. The summed E-state index contributed by atoms with van der Waals surface area (Å²) in [5.74, 6) is -0.980. The average Bonchev–Trinajstić information content (AvgIpc) is 3.07. The summed E-state index contributed by atoms with van der Waals surface area (Å²) in [6.07, 6.45) is 0.734. The SMILES string of the molecule is COC(=O)CC(=O)CC(O)(CCc1ccsc1C(C)(C)O[Si]C(C)(C)C)C(C)C. The maximum atomic E-state index is 12.2. The van der Waals surface area contributed by atoms with E-state index in [1.807, 2.05) is 19.2 Å². The summed E-state index contributed by atoms with van der Waals surface area (Å²) in [4.78, 5) is 24.7. The molecule has 0 aliphatic rings. The van der Waals surface area contributed by atoms with Crippen LogP contribution in [0.1, 0.15) is 78.2 Å². The lowest BCUT2D eigenvalue weighted by Gasteiger charge is -2.33. The van der Waals surface area contributed by atoms with Gasteiger partial charge in [-0.05, 0) is 54.7 Å². The lowest BCUT2D eigenvalue weighted by molar-refractivity contribution is -0.144. The molecule has 1 atom stereocenters. The normalized spacial score (nSPS) is 14.7. The van der Waals surface area contributed by atoms with Gasteiger partial charge >= 0.3 is 5.97 Å². The Bertz CT molecular complexity index is 690. The first-order chi connectivity index (χ1) is 13.2. The van der Waals surface area contributed by atoms with Gasteiger partial charge in [-0.25, -0.2) is 0 Å². The Labute approximate surface area is 182 Å². The van der Waals surface area contributed by atoms with Crippen LogP contribution in [0.2, 0.25) is 5.04 Å². The van der Waals surface area contributed by atoms with Crippen LogP contribution in [-0.4, -0.2) is 39.3 Å². The largest absolute Gasteiger partial charge is 0.469 e. The molecule has 0 aliphatic carbocycles.